The van der Waals surface area contributed by atoms with Crippen LogP contribution in [0.15, 0.2) is 24.3 Å². The van der Waals surface area contributed by atoms with E-state index in [-0.39, 0.29) is 0 Å². The van der Waals surface area contributed by atoms with Crippen LogP contribution in [-0.2, 0) is 0 Å². The number of hydrogen-bond acceptors (Lipinski definition) is 1. The standard InChI is InChI=1S/C14H22O/c1-4-6-9-12(5-2)13-10-7-8-11-14(13)15-3/h7-8,10-12H,4-6,9H2,1-3H3. The molecule has 0 heterocycles. The predicted octanol–water partition coefficient (Wildman–Crippen LogP) is 4.38. The summed E-state index contributed by atoms with van der Waals surface area (Å²) in [6.45, 7) is 4.50. The van der Waals surface area contributed by atoms with Crippen LogP contribution in [0.4, 0.5) is 0 Å². The van der Waals surface area contributed by atoms with Crippen molar-refractivity contribution in [1.29, 1.82) is 0 Å². The lowest BCUT2D eigenvalue weighted by Crippen LogP contribution is -2.00. The summed E-state index contributed by atoms with van der Waals surface area (Å²) in [5, 5.41) is 0. The zero-order chi connectivity index (χ0) is 11.1. The molecular formula is C14H22O. The lowest BCUT2D eigenvalue weighted by atomic mass is 9.91. The summed E-state index contributed by atoms with van der Waals surface area (Å²) in [7, 11) is 1.76. The summed E-state index contributed by atoms with van der Waals surface area (Å²) >= 11 is 0. The molecule has 1 rings (SSSR count). The molecule has 0 N–H and O–H groups in total. The highest BCUT2D eigenvalue weighted by molar-refractivity contribution is 5.36. The van der Waals surface area contributed by atoms with Crippen molar-refractivity contribution in [1.82, 2.24) is 0 Å². The first-order chi connectivity index (χ1) is 7.33. The van der Waals surface area contributed by atoms with E-state index in [1.165, 1.54) is 31.2 Å². The zero-order valence-corrected chi connectivity index (χ0v) is 10.1. The van der Waals surface area contributed by atoms with Crippen LogP contribution in [0.5, 0.6) is 5.75 Å². The van der Waals surface area contributed by atoms with Crippen LogP contribution < -0.4 is 4.74 Å². The summed E-state index contributed by atoms with van der Waals surface area (Å²) in [6.07, 6.45) is 5.04. The van der Waals surface area contributed by atoms with Crippen LogP contribution in [-0.4, -0.2) is 7.11 Å². The molecule has 0 aliphatic heterocycles. The van der Waals surface area contributed by atoms with E-state index in [1.54, 1.807) is 7.11 Å². The van der Waals surface area contributed by atoms with Crippen molar-refractivity contribution < 1.29 is 4.74 Å². The van der Waals surface area contributed by atoms with Gasteiger partial charge in [0.2, 0.25) is 0 Å². The van der Waals surface area contributed by atoms with Gasteiger partial charge in [0.1, 0.15) is 5.75 Å². The van der Waals surface area contributed by atoms with Gasteiger partial charge in [0, 0.05) is 0 Å². The Hall–Kier alpha value is -0.980. The Balaban J connectivity index is 2.80. The topological polar surface area (TPSA) is 9.23 Å². The number of ether oxygens (including phenoxy) is 1. The number of unbranched alkanes of at least 4 members (excludes halogenated alkanes) is 1. The van der Waals surface area contributed by atoms with E-state index < -0.39 is 0 Å². The molecule has 0 saturated carbocycles. The molecular weight excluding hydrogens is 184 g/mol. The van der Waals surface area contributed by atoms with Crippen molar-refractivity contribution >= 4 is 0 Å². The van der Waals surface area contributed by atoms with Crippen molar-refractivity contribution in [3.05, 3.63) is 29.8 Å². The Morgan fingerprint density at radius 1 is 1.20 bits per heavy atom. The molecule has 0 aromatic heterocycles. The molecule has 0 fully saturated rings. The summed E-state index contributed by atoms with van der Waals surface area (Å²) in [5.41, 5.74) is 1.37. The van der Waals surface area contributed by atoms with E-state index in [4.69, 9.17) is 4.74 Å². The second kappa shape index (κ2) is 6.49. The van der Waals surface area contributed by atoms with Gasteiger partial charge in [0.05, 0.1) is 7.11 Å². The fourth-order valence-corrected chi connectivity index (χ4v) is 2.03. The second-order valence-corrected chi connectivity index (χ2v) is 3.99. The minimum Gasteiger partial charge on any atom is -0.496 e. The molecule has 1 aromatic rings. The van der Waals surface area contributed by atoms with Crippen LogP contribution in [0.1, 0.15) is 51.0 Å². The molecule has 0 amide bonds. The summed E-state index contributed by atoms with van der Waals surface area (Å²) in [6, 6.07) is 8.40. The molecule has 15 heavy (non-hydrogen) atoms. The molecule has 1 heteroatoms. The third kappa shape index (κ3) is 3.26. The third-order valence-electron chi connectivity index (χ3n) is 2.98. The first-order valence-electron chi connectivity index (χ1n) is 5.96. The Bertz CT molecular complexity index is 280. The minimum absolute atomic E-state index is 0.654. The summed E-state index contributed by atoms with van der Waals surface area (Å²) < 4.78 is 5.41. The molecule has 0 aliphatic rings. The monoisotopic (exact) mass is 206 g/mol. The molecule has 1 nitrogen and oxygen atoms in total. The molecule has 0 bridgehead atoms. The van der Waals surface area contributed by atoms with Gasteiger partial charge in [-0.2, -0.15) is 0 Å². The van der Waals surface area contributed by atoms with Crippen LogP contribution in [0.25, 0.3) is 0 Å². The van der Waals surface area contributed by atoms with Crippen molar-refractivity contribution in [2.24, 2.45) is 0 Å². The number of rotatable bonds is 6. The molecule has 0 spiro atoms. The number of para-hydroxylation sites is 1. The molecule has 1 atom stereocenters. The number of hydrogen-bond donors (Lipinski definition) is 0. The molecule has 0 radical (unpaired) electrons. The van der Waals surface area contributed by atoms with Gasteiger partial charge in [-0.3, -0.25) is 0 Å². The predicted molar refractivity (Wildman–Crippen MR) is 65.6 cm³/mol. The van der Waals surface area contributed by atoms with Gasteiger partial charge in [-0.05, 0) is 30.4 Å². The van der Waals surface area contributed by atoms with Crippen molar-refractivity contribution in [2.45, 2.75) is 45.4 Å². The van der Waals surface area contributed by atoms with Gasteiger partial charge in [-0.15, -0.1) is 0 Å². The smallest absolute Gasteiger partial charge is 0.122 e. The molecule has 1 unspecified atom stereocenters. The van der Waals surface area contributed by atoms with Gasteiger partial charge in [-0.25, -0.2) is 0 Å². The SMILES string of the molecule is CCCCC(CC)c1ccccc1OC. The number of methoxy groups -OCH3 is 1. The Kier molecular flexibility index (Phi) is 5.23. The molecule has 0 aliphatic carbocycles. The molecule has 84 valence electrons. The van der Waals surface area contributed by atoms with Gasteiger partial charge in [0.25, 0.3) is 0 Å². The average Bonchev–Trinajstić information content (AvgIpc) is 2.30. The summed E-state index contributed by atoms with van der Waals surface area (Å²) in [4.78, 5) is 0. The third-order valence-corrected chi connectivity index (χ3v) is 2.98. The molecule has 0 saturated heterocycles. The maximum Gasteiger partial charge on any atom is 0.122 e. The maximum atomic E-state index is 5.41. The van der Waals surface area contributed by atoms with Gasteiger partial charge < -0.3 is 4.74 Å². The maximum absolute atomic E-state index is 5.41. The first-order valence-corrected chi connectivity index (χ1v) is 5.96. The molecule has 1 aromatic carbocycles. The lowest BCUT2D eigenvalue weighted by molar-refractivity contribution is 0.401. The van der Waals surface area contributed by atoms with E-state index in [2.05, 4.69) is 32.0 Å². The highest BCUT2D eigenvalue weighted by atomic mass is 16.5. The van der Waals surface area contributed by atoms with Crippen LogP contribution in [0.3, 0.4) is 0 Å². The van der Waals surface area contributed by atoms with Crippen LogP contribution in [0.2, 0.25) is 0 Å². The Labute approximate surface area is 93.5 Å². The van der Waals surface area contributed by atoms with E-state index in [9.17, 15) is 0 Å². The van der Waals surface area contributed by atoms with E-state index in [1.807, 2.05) is 6.07 Å². The highest BCUT2D eigenvalue weighted by Crippen LogP contribution is 2.32. The quantitative estimate of drug-likeness (QED) is 0.671. The summed E-state index contributed by atoms with van der Waals surface area (Å²) in [5.74, 6) is 1.70. The fraction of sp³-hybridized carbons (Fsp3) is 0.571. The second-order valence-electron chi connectivity index (χ2n) is 3.99. The lowest BCUT2D eigenvalue weighted by Gasteiger charge is -2.17. The van der Waals surface area contributed by atoms with Crippen molar-refractivity contribution in [3.63, 3.8) is 0 Å². The van der Waals surface area contributed by atoms with Crippen LogP contribution >= 0.6 is 0 Å². The zero-order valence-electron chi connectivity index (χ0n) is 10.1. The van der Waals surface area contributed by atoms with Gasteiger partial charge in [-0.1, -0.05) is 44.9 Å². The average molecular weight is 206 g/mol. The van der Waals surface area contributed by atoms with Crippen LogP contribution in [0, 0.1) is 0 Å². The minimum atomic E-state index is 0.654. The fourth-order valence-electron chi connectivity index (χ4n) is 2.03. The Morgan fingerprint density at radius 3 is 2.53 bits per heavy atom. The van der Waals surface area contributed by atoms with Crippen molar-refractivity contribution in [3.8, 4) is 5.75 Å². The van der Waals surface area contributed by atoms with E-state index in [0.717, 1.165) is 5.75 Å². The number of benzene rings is 1. The van der Waals surface area contributed by atoms with E-state index >= 15 is 0 Å². The van der Waals surface area contributed by atoms with Gasteiger partial charge in [0.15, 0.2) is 0 Å². The normalized spacial score (nSPS) is 12.5. The van der Waals surface area contributed by atoms with Gasteiger partial charge >= 0.3 is 0 Å². The largest absolute Gasteiger partial charge is 0.496 e. The Morgan fingerprint density at radius 2 is 1.93 bits per heavy atom. The van der Waals surface area contributed by atoms with Crippen molar-refractivity contribution in [2.75, 3.05) is 7.11 Å². The highest BCUT2D eigenvalue weighted by Gasteiger charge is 2.12. The first kappa shape index (κ1) is 12.1. The van der Waals surface area contributed by atoms with E-state index in [0.29, 0.717) is 5.92 Å².